The van der Waals surface area contributed by atoms with E-state index in [-0.39, 0.29) is 0 Å². The van der Waals surface area contributed by atoms with Gasteiger partial charge in [0.2, 0.25) is 0 Å². The minimum absolute atomic E-state index is 0.566. The first-order chi connectivity index (χ1) is 6.86. The van der Waals surface area contributed by atoms with Crippen molar-refractivity contribution < 1.29 is 0 Å². The number of benzene rings is 1. The number of nitrogen functional groups attached to an aromatic ring is 1. The lowest BCUT2D eigenvalue weighted by Crippen LogP contribution is -1.97. The van der Waals surface area contributed by atoms with Gasteiger partial charge >= 0.3 is 0 Å². The lowest BCUT2D eigenvalue weighted by molar-refractivity contribution is 1.15. The zero-order valence-electron chi connectivity index (χ0n) is 7.77. The lowest BCUT2D eigenvalue weighted by Gasteiger charge is -2.03. The van der Waals surface area contributed by atoms with Crippen molar-refractivity contribution in [3.8, 4) is 0 Å². The van der Waals surface area contributed by atoms with E-state index in [1.54, 1.807) is 12.3 Å². The highest BCUT2D eigenvalue weighted by molar-refractivity contribution is 5.40. The normalized spacial score (nSPS) is 10.0. The summed E-state index contributed by atoms with van der Waals surface area (Å²) in [5.74, 6) is 0.566. The second kappa shape index (κ2) is 3.92. The number of anilines is 1. The molecule has 0 aliphatic rings. The molecule has 2 N–H and O–H groups in total. The second-order valence-corrected chi connectivity index (χ2v) is 3.12. The van der Waals surface area contributed by atoms with Crippen molar-refractivity contribution in [1.29, 1.82) is 0 Å². The minimum Gasteiger partial charge on any atom is -0.383 e. The molecule has 0 atom stereocenters. The van der Waals surface area contributed by atoms with Crippen molar-refractivity contribution in [1.82, 2.24) is 4.98 Å². The van der Waals surface area contributed by atoms with E-state index in [9.17, 15) is 0 Å². The van der Waals surface area contributed by atoms with Gasteiger partial charge in [-0.1, -0.05) is 30.3 Å². The summed E-state index contributed by atoms with van der Waals surface area (Å²) in [6.07, 6.45) is 2.45. The van der Waals surface area contributed by atoms with Crippen LogP contribution in [0.3, 0.4) is 0 Å². The van der Waals surface area contributed by atoms with Gasteiger partial charge in [-0.05, 0) is 17.7 Å². The highest BCUT2D eigenvalue weighted by Crippen LogP contribution is 2.12. The van der Waals surface area contributed by atoms with E-state index in [4.69, 9.17) is 5.73 Å². The summed E-state index contributed by atoms with van der Waals surface area (Å²) in [6, 6.07) is 15.1. The van der Waals surface area contributed by atoms with Gasteiger partial charge in [-0.15, -0.1) is 0 Å². The van der Waals surface area contributed by atoms with Crippen LogP contribution in [-0.4, -0.2) is 4.98 Å². The molecule has 0 saturated heterocycles. The van der Waals surface area contributed by atoms with Gasteiger partial charge in [-0.25, -0.2) is 4.98 Å². The van der Waals surface area contributed by atoms with Gasteiger partial charge < -0.3 is 5.73 Å². The molecule has 69 valence electrons. The Bertz CT molecular complexity index is 410. The van der Waals surface area contributed by atoms with Crippen LogP contribution in [0.5, 0.6) is 0 Å². The number of pyridine rings is 1. The van der Waals surface area contributed by atoms with Gasteiger partial charge in [-0.3, -0.25) is 0 Å². The third-order valence-corrected chi connectivity index (χ3v) is 2.08. The van der Waals surface area contributed by atoms with E-state index in [0.29, 0.717) is 5.82 Å². The average molecular weight is 183 g/mol. The number of hydrogen-bond donors (Lipinski definition) is 1. The molecule has 1 heterocycles. The molecule has 1 aromatic carbocycles. The predicted octanol–water partition coefficient (Wildman–Crippen LogP) is 2.05. The molecule has 0 bridgehead atoms. The topological polar surface area (TPSA) is 38.9 Å². The number of aromatic nitrogens is 1. The Morgan fingerprint density at radius 1 is 1.21 bits per heavy atom. The van der Waals surface area contributed by atoms with E-state index in [1.165, 1.54) is 5.56 Å². The molecule has 2 aromatic rings. The molecule has 0 aliphatic heterocycles. The smallest absolute Gasteiger partial charge is 0.127 e. The van der Waals surface area contributed by atoms with Crippen LogP contribution >= 0.6 is 0 Å². The highest BCUT2D eigenvalue weighted by atomic mass is 14.8. The van der Waals surface area contributed by atoms with Crippen LogP contribution in [0.1, 0.15) is 11.1 Å². The van der Waals surface area contributed by atoms with Gasteiger partial charge in [0.1, 0.15) is 5.82 Å². The molecular weight excluding hydrogens is 172 g/mol. The fourth-order valence-electron chi connectivity index (χ4n) is 1.35. The quantitative estimate of drug-likeness (QED) is 0.774. The van der Waals surface area contributed by atoms with Crippen molar-refractivity contribution in [2.24, 2.45) is 0 Å². The largest absolute Gasteiger partial charge is 0.383 e. The summed E-state index contributed by atoms with van der Waals surface area (Å²) in [7, 11) is 0. The van der Waals surface area contributed by atoms with E-state index >= 15 is 0 Å². The SMILES string of the molecule is Nc1ncc[c]c1Cc1ccccc1. The van der Waals surface area contributed by atoms with Gasteiger partial charge in [0.05, 0.1) is 0 Å². The maximum absolute atomic E-state index is 5.73. The first-order valence-corrected chi connectivity index (χ1v) is 4.51. The van der Waals surface area contributed by atoms with Crippen LogP contribution in [-0.2, 0) is 6.42 Å². The maximum atomic E-state index is 5.73. The number of nitrogens with two attached hydrogens (primary N) is 1. The molecule has 0 saturated carbocycles. The zero-order valence-corrected chi connectivity index (χ0v) is 7.77. The van der Waals surface area contributed by atoms with Crippen molar-refractivity contribution in [3.63, 3.8) is 0 Å². The van der Waals surface area contributed by atoms with Crippen molar-refractivity contribution in [2.75, 3.05) is 5.73 Å². The Morgan fingerprint density at radius 3 is 2.71 bits per heavy atom. The Morgan fingerprint density at radius 2 is 2.00 bits per heavy atom. The monoisotopic (exact) mass is 183 g/mol. The van der Waals surface area contributed by atoms with Crippen molar-refractivity contribution in [2.45, 2.75) is 6.42 Å². The van der Waals surface area contributed by atoms with Crippen LogP contribution < -0.4 is 5.73 Å². The number of hydrogen-bond acceptors (Lipinski definition) is 2. The molecular formula is C12H11N2. The summed E-state index contributed by atoms with van der Waals surface area (Å²) >= 11 is 0. The summed E-state index contributed by atoms with van der Waals surface area (Å²) in [4.78, 5) is 4.02. The van der Waals surface area contributed by atoms with Gasteiger partial charge in [0.25, 0.3) is 0 Å². The molecule has 1 aromatic heterocycles. The molecule has 0 unspecified atom stereocenters. The Hall–Kier alpha value is -1.83. The number of nitrogens with zero attached hydrogens (tertiary/aromatic N) is 1. The van der Waals surface area contributed by atoms with E-state index in [1.807, 2.05) is 18.2 Å². The van der Waals surface area contributed by atoms with E-state index < -0.39 is 0 Å². The van der Waals surface area contributed by atoms with Crippen LogP contribution in [0.4, 0.5) is 5.82 Å². The van der Waals surface area contributed by atoms with Crippen LogP contribution in [0, 0.1) is 6.07 Å². The van der Waals surface area contributed by atoms with Crippen LogP contribution in [0.25, 0.3) is 0 Å². The van der Waals surface area contributed by atoms with E-state index in [0.717, 1.165) is 12.0 Å². The van der Waals surface area contributed by atoms with Gasteiger partial charge in [-0.2, -0.15) is 0 Å². The third kappa shape index (κ3) is 1.91. The van der Waals surface area contributed by atoms with Gasteiger partial charge in [0, 0.05) is 18.2 Å². The minimum atomic E-state index is 0.566. The van der Waals surface area contributed by atoms with Gasteiger partial charge in [0.15, 0.2) is 0 Å². The second-order valence-electron chi connectivity index (χ2n) is 3.12. The summed E-state index contributed by atoms with van der Waals surface area (Å²) in [6.45, 7) is 0. The maximum Gasteiger partial charge on any atom is 0.127 e. The third-order valence-electron chi connectivity index (χ3n) is 2.08. The first kappa shape index (κ1) is 8.75. The fraction of sp³-hybridized carbons (Fsp3) is 0.0833. The molecule has 2 rings (SSSR count). The fourth-order valence-corrected chi connectivity index (χ4v) is 1.35. The first-order valence-electron chi connectivity index (χ1n) is 4.51. The molecule has 0 amide bonds. The number of rotatable bonds is 2. The van der Waals surface area contributed by atoms with E-state index in [2.05, 4.69) is 23.2 Å². The Balaban J connectivity index is 2.24. The molecule has 0 aliphatic carbocycles. The zero-order chi connectivity index (χ0) is 9.80. The van der Waals surface area contributed by atoms with Crippen molar-refractivity contribution >= 4 is 5.82 Å². The molecule has 2 heteroatoms. The molecule has 2 nitrogen and oxygen atoms in total. The Kier molecular flexibility index (Phi) is 2.45. The Labute approximate surface area is 83.4 Å². The summed E-state index contributed by atoms with van der Waals surface area (Å²) in [5.41, 5.74) is 7.91. The molecule has 0 fully saturated rings. The van der Waals surface area contributed by atoms with Crippen LogP contribution in [0.15, 0.2) is 42.6 Å². The summed E-state index contributed by atoms with van der Waals surface area (Å²) < 4.78 is 0. The highest BCUT2D eigenvalue weighted by Gasteiger charge is 2.00. The van der Waals surface area contributed by atoms with Crippen molar-refractivity contribution in [3.05, 3.63) is 59.8 Å². The standard InChI is InChI=1S/C12H11N2/c13-12-11(7-4-8-14-12)9-10-5-2-1-3-6-10/h1-6,8H,9H2,(H2,13,14). The lowest BCUT2D eigenvalue weighted by atomic mass is 10.1. The molecule has 1 radical (unpaired) electrons. The molecule has 0 spiro atoms. The summed E-state index contributed by atoms with van der Waals surface area (Å²) in [5, 5.41) is 0. The predicted molar refractivity (Wildman–Crippen MR) is 56.7 cm³/mol. The van der Waals surface area contributed by atoms with Crippen LogP contribution in [0.2, 0.25) is 0 Å². The molecule has 14 heavy (non-hydrogen) atoms. The average Bonchev–Trinajstić information content (AvgIpc) is 2.23.